The zero-order valence-electron chi connectivity index (χ0n) is 12.9. The van der Waals surface area contributed by atoms with E-state index in [1.807, 2.05) is 13.8 Å². The molecule has 7 heteroatoms. The Kier molecular flexibility index (Phi) is 5.08. The van der Waals surface area contributed by atoms with Gasteiger partial charge in [0.2, 0.25) is 5.91 Å². The number of rotatable bonds is 5. The summed E-state index contributed by atoms with van der Waals surface area (Å²) in [5.74, 6) is 0.299. The highest BCUT2D eigenvalue weighted by atomic mass is 19.4. The largest absolute Gasteiger partial charge is 0.416 e. The average molecular weight is 325 g/mol. The molecule has 0 fully saturated rings. The van der Waals surface area contributed by atoms with Crippen LogP contribution in [-0.2, 0) is 17.4 Å². The topological polar surface area (TPSA) is 57.8 Å². The van der Waals surface area contributed by atoms with Crippen LogP contribution >= 0.6 is 0 Å². The van der Waals surface area contributed by atoms with Crippen molar-refractivity contribution in [2.75, 3.05) is 0 Å². The van der Waals surface area contributed by atoms with Crippen molar-refractivity contribution < 1.29 is 18.0 Å². The third kappa shape index (κ3) is 4.58. The molecule has 0 radical (unpaired) electrons. The summed E-state index contributed by atoms with van der Waals surface area (Å²) in [5.41, 5.74) is 0.449. The Morgan fingerprint density at radius 3 is 2.70 bits per heavy atom. The van der Waals surface area contributed by atoms with Crippen LogP contribution in [0.2, 0.25) is 0 Å². The molecule has 23 heavy (non-hydrogen) atoms. The molecule has 0 aliphatic rings. The van der Waals surface area contributed by atoms with E-state index in [0.717, 1.165) is 17.8 Å². The van der Waals surface area contributed by atoms with Crippen LogP contribution < -0.4 is 5.32 Å². The van der Waals surface area contributed by atoms with E-state index in [-0.39, 0.29) is 18.4 Å². The Balaban J connectivity index is 2.04. The number of imidazole rings is 1. The molecular formula is C16H18F3N3O. The van der Waals surface area contributed by atoms with Gasteiger partial charge >= 0.3 is 6.18 Å². The second-order valence-electron chi connectivity index (χ2n) is 5.35. The van der Waals surface area contributed by atoms with Crippen molar-refractivity contribution in [1.82, 2.24) is 15.3 Å². The molecule has 1 heterocycles. The summed E-state index contributed by atoms with van der Waals surface area (Å²) in [6, 6.07) is 4.51. The number of nitrogens with one attached hydrogen (secondary N) is 2. The van der Waals surface area contributed by atoms with Gasteiger partial charge in [-0.2, -0.15) is 13.2 Å². The first-order valence-corrected chi connectivity index (χ1v) is 7.26. The molecule has 1 aromatic heterocycles. The van der Waals surface area contributed by atoms with Crippen molar-refractivity contribution in [2.45, 2.75) is 38.9 Å². The number of benzene rings is 1. The molecule has 1 aromatic carbocycles. The fourth-order valence-corrected chi connectivity index (χ4v) is 2.26. The van der Waals surface area contributed by atoms with Crippen LogP contribution in [0.15, 0.2) is 30.5 Å². The van der Waals surface area contributed by atoms with Crippen molar-refractivity contribution >= 4 is 5.91 Å². The minimum atomic E-state index is -4.41. The summed E-state index contributed by atoms with van der Waals surface area (Å²) in [7, 11) is 0. The third-order valence-electron chi connectivity index (χ3n) is 3.42. The van der Waals surface area contributed by atoms with E-state index >= 15 is 0 Å². The molecular weight excluding hydrogens is 307 g/mol. The maximum absolute atomic E-state index is 12.7. The Morgan fingerprint density at radius 2 is 2.13 bits per heavy atom. The quantitative estimate of drug-likeness (QED) is 0.883. The Labute approximate surface area is 132 Å². The minimum Gasteiger partial charge on any atom is -0.346 e. The summed E-state index contributed by atoms with van der Waals surface area (Å²) < 4.78 is 38.0. The first-order valence-electron chi connectivity index (χ1n) is 7.26. The lowest BCUT2D eigenvalue weighted by molar-refractivity contribution is -0.137. The average Bonchev–Trinajstić information content (AvgIpc) is 2.90. The van der Waals surface area contributed by atoms with Gasteiger partial charge < -0.3 is 10.3 Å². The van der Waals surface area contributed by atoms with Crippen LogP contribution in [0, 0.1) is 6.92 Å². The van der Waals surface area contributed by atoms with Gasteiger partial charge in [-0.1, -0.05) is 25.1 Å². The predicted molar refractivity (Wildman–Crippen MR) is 79.6 cm³/mol. The Hall–Kier alpha value is -2.31. The molecule has 0 aliphatic carbocycles. The maximum Gasteiger partial charge on any atom is 0.416 e. The second kappa shape index (κ2) is 6.85. The van der Waals surface area contributed by atoms with Crippen LogP contribution in [0.4, 0.5) is 13.2 Å². The van der Waals surface area contributed by atoms with E-state index in [9.17, 15) is 18.0 Å². The molecule has 2 aromatic rings. The molecule has 4 nitrogen and oxygen atoms in total. The van der Waals surface area contributed by atoms with Gasteiger partial charge in [0.1, 0.15) is 5.82 Å². The molecule has 0 aliphatic heterocycles. The Morgan fingerprint density at radius 1 is 1.39 bits per heavy atom. The van der Waals surface area contributed by atoms with Gasteiger partial charge in [0.15, 0.2) is 0 Å². The number of alkyl halides is 3. The third-order valence-corrected chi connectivity index (χ3v) is 3.42. The molecule has 124 valence electrons. The number of aromatic nitrogens is 2. The fourth-order valence-electron chi connectivity index (χ4n) is 2.26. The number of hydrogen-bond acceptors (Lipinski definition) is 2. The second-order valence-corrected chi connectivity index (χ2v) is 5.35. The number of halogens is 3. The van der Waals surface area contributed by atoms with Crippen LogP contribution in [0.3, 0.4) is 0 Å². The molecule has 1 atom stereocenters. The van der Waals surface area contributed by atoms with E-state index < -0.39 is 11.7 Å². The van der Waals surface area contributed by atoms with Gasteiger partial charge in [-0.25, -0.2) is 4.98 Å². The molecule has 0 unspecified atom stereocenters. The monoisotopic (exact) mass is 325 g/mol. The molecule has 2 rings (SSSR count). The normalized spacial score (nSPS) is 12.9. The highest BCUT2D eigenvalue weighted by Crippen LogP contribution is 2.29. The lowest BCUT2D eigenvalue weighted by atomic mass is 10.1. The van der Waals surface area contributed by atoms with E-state index in [4.69, 9.17) is 0 Å². The standard InChI is InChI=1S/C16H18F3N3O/c1-3-13(15-20-9-10(2)21-15)22-14(23)8-11-5-4-6-12(7-11)16(17,18)19/h4-7,9,13H,3,8H2,1-2H3,(H,20,21)(H,22,23)/t13-/m1/s1. The van der Waals surface area contributed by atoms with Crippen molar-refractivity contribution in [3.8, 4) is 0 Å². The lowest BCUT2D eigenvalue weighted by Crippen LogP contribution is -2.30. The van der Waals surface area contributed by atoms with Crippen LogP contribution in [-0.4, -0.2) is 15.9 Å². The fraction of sp³-hybridized carbons (Fsp3) is 0.375. The van der Waals surface area contributed by atoms with Crippen LogP contribution in [0.1, 0.15) is 42.0 Å². The molecule has 0 spiro atoms. The van der Waals surface area contributed by atoms with Crippen molar-refractivity contribution in [1.29, 1.82) is 0 Å². The SMILES string of the molecule is CC[C@@H](NC(=O)Cc1cccc(C(F)(F)F)c1)c1ncc(C)[nH]1. The van der Waals surface area contributed by atoms with E-state index in [1.54, 1.807) is 6.20 Å². The number of carbonyl (C=O) groups excluding carboxylic acids is 1. The highest BCUT2D eigenvalue weighted by molar-refractivity contribution is 5.79. The van der Waals surface area contributed by atoms with E-state index in [2.05, 4.69) is 15.3 Å². The van der Waals surface area contributed by atoms with Crippen LogP contribution in [0.25, 0.3) is 0 Å². The maximum atomic E-state index is 12.7. The zero-order chi connectivity index (χ0) is 17.0. The van der Waals surface area contributed by atoms with Crippen molar-refractivity contribution in [3.63, 3.8) is 0 Å². The first kappa shape index (κ1) is 17.1. The van der Waals surface area contributed by atoms with Gasteiger partial charge in [0, 0.05) is 11.9 Å². The highest BCUT2D eigenvalue weighted by Gasteiger charge is 2.30. The van der Waals surface area contributed by atoms with E-state index in [1.165, 1.54) is 12.1 Å². The predicted octanol–water partition coefficient (Wildman–Crippen LogP) is 3.55. The molecule has 0 bridgehead atoms. The van der Waals surface area contributed by atoms with Crippen molar-refractivity contribution in [3.05, 3.63) is 53.1 Å². The first-order chi connectivity index (χ1) is 10.8. The molecule has 2 N–H and O–H groups in total. The number of H-pyrrole nitrogens is 1. The number of carbonyl (C=O) groups is 1. The summed E-state index contributed by atoms with van der Waals surface area (Å²) >= 11 is 0. The summed E-state index contributed by atoms with van der Waals surface area (Å²) in [6.45, 7) is 3.75. The molecule has 0 saturated carbocycles. The number of hydrogen-bond donors (Lipinski definition) is 2. The number of nitrogens with zero attached hydrogens (tertiary/aromatic N) is 1. The van der Waals surface area contributed by atoms with Gasteiger partial charge in [-0.05, 0) is 25.0 Å². The zero-order valence-corrected chi connectivity index (χ0v) is 12.9. The van der Waals surface area contributed by atoms with Crippen molar-refractivity contribution in [2.24, 2.45) is 0 Å². The molecule has 1 amide bonds. The smallest absolute Gasteiger partial charge is 0.346 e. The van der Waals surface area contributed by atoms with Gasteiger partial charge in [0.25, 0.3) is 0 Å². The summed E-state index contributed by atoms with van der Waals surface area (Å²) in [5, 5.41) is 2.79. The number of aromatic amines is 1. The molecule has 0 saturated heterocycles. The van der Waals surface area contributed by atoms with Crippen LogP contribution in [0.5, 0.6) is 0 Å². The van der Waals surface area contributed by atoms with Gasteiger partial charge in [-0.3, -0.25) is 4.79 Å². The Bertz CT molecular complexity index is 679. The lowest BCUT2D eigenvalue weighted by Gasteiger charge is -2.15. The minimum absolute atomic E-state index is 0.111. The number of amides is 1. The number of aryl methyl sites for hydroxylation is 1. The summed E-state index contributed by atoms with van der Waals surface area (Å²) in [6.07, 6.45) is -2.23. The van der Waals surface area contributed by atoms with Gasteiger partial charge in [0.05, 0.1) is 18.0 Å². The van der Waals surface area contributed by atoms with E-state index in [0.29, 0.717) is 17.8 Å². The summed E-state index contributed by atoms with van der Waals surface area (Å²) in [4.78, 5) is 19.3. The van der Waals surface area contributed by atoms with Gasteiger partial charge in [-0.15, -0.1) is 0 Å².